The Morgan fingerprint density at radius 3 is 1.83 bits per heavy atom. The van der Waals surface area contributed by atoms with Gasteiger partial charge in [-0.1, -0.05) is 80.4 Å². The Hall–Kier alpha value is -1.56. The molecular weight excluding hydrogens is 276 g/mol. The zero-order chi connectivity index (χ0) is 16.0. The van der Waals surface area contributed by atoms with Crippen LogP contribution in [0.3, 0.4) is 0 Å². The third-order valence-corrected chi connectivity index (χ3v) is 6.05. The van der Waals surface area contributed by atoms with Gasteiger partial charge < -0.3 is 0 Å². The van der Waals surface area contributed by atoms with Gasteiger partial charge in [0, 0.05) is 11.8 Å². The second kappa shape index (κ2) is 5.51. The molecule has 2 aromatic carbocycles. The van der Waals surface area contributed by atoms with E-state index in [4.69, 9.17) is 0 Å². The third-order valence-electron chi connectivity index (χ3n) is 6.05. The maximum atomic E-state index is 2.45. The smallest absolute Gasteiger partial charge is 0.0149 e. The summed E-state index contributed by atoms with van der Waals surface area (Å²) in [4.78, 5) is 0. The van der Waals surface area contributed by atoms with Gasteiger partial charge in [0.1, 0.15) is 0 Å². The summed E-state index contributed by atoms with van der Waals surface area (Å²) in [5.74, 6) is 4.83. The molecule has 2 aromatic rings. The summed E-state index contributed by atoms with van der Waals surface area (Å²) in [5.41, 5.74) is 4.42. The number of fused-ring (bicyclic) bond motifs is 1. The molecule has 0 spiro atoms. The van der Waals surface area contributed by atoms with Crippen LogP contribution in [0.15, 0.2) is 54.6 Å². The topological polar surface area (TPSA) is 0 Å². The van der Waals surface area contributed by atoms with Crippen molar-refractivity contribution in [3.8, 4) is 0 Å². The lowest BCUT2D eigenvalue weighted by atomic mass is 9.68. The number of benzene rings is 2. The molecule has 2 aliphatic carbocycles. The molecule has 2 fully saturated rings. The molecule has 0 nitrogen and oxygen atoms in total. The lowest BCUT2D eigenvalue weighted by Gasteiger charge is -2.35. The normalized spacial score (nSPS) is 27.3. The van der Waals surface area contributed by atoms with Crippen molar-refractivity contribution in [1.82, 2.24) is 0 Å². The predicted octanol–water partition coefficient (Wildman–Crippen LogP) is 6.00. The van der Waals surface area contributed by atoms with Gasteiger partial charge in [-0.15, -0.1) is 0 Å². The molecule has 23 heavy (non-hydrogen) atoms. The molecule has 0 heterocycles. The van der Waals surface area contributed by atoms with E-state index in [1.807, 2.05) is 0 Å². The number of hydrogen-bond acceptors (Lipinski definition) is 0. The van der Waals surface area contributed by atoms with Crippen molar-refractivity contribution < 1.29 is 0 Å². The van der Waals surface area contributed by atoms with E-state index in [0.717, 1.165) is 11.8 Å². The zero-order valence-electron chi connectivity index (χ0n) is 14.5. The van der Waals surface area contributed by atoms with Crippen LogP contribution in [0.25, 0.3) is 0 Å². The second-order valence-electron chi connectivity index (χ2n) is 7.83. The summed E-state index contributed by atoms with van der Waals surface area (Å²) >= 11 is 0. The molecular formula is C23H26. The minimum Gasteiger partial charge on any atom is -0.0622 e. The van der Waals surface area contributed by atoms with Crippen LogP contribution in [0.4, 0.5) is 0 Å². The Kier molecular flexibility index (Phi) is 3.59. The first kappa shape index (κ1) is 15.0. The maximum Gasteiger partial charge on any atom is 0.0149 e. The molecule has 2 aliphatic rings. The number of aryl methyl sites for hydroxylation is 1. The quantitative estimate of drug-likeness (QED) is 0.638. The molecule has 0 aliphatic heterocycles. The monoisotopic (exact) mass is 302 g/mol. The molecule has 2 unspecified atom stereocenters. The highest BCUT2D eigenvalue weighted by molar-refractivity contribution is 5.52. The summed E-state index contributed by atoms with van der Waals surface area (Å²) in [6, 6.07) is 20.3. The molecule has 0 amide bonds. The third kappa shape index (κ3) is 2.35. The summed E-state index contributed by atoms with van der Waals surface area (Å²) in [7, 11) is 0. The molecule has 0 saturated heterocycles. The van der Waals surface area contributed by atoms with Crippen LogP contribution in [0, 0.1) is 36.0 Å². The number of rotatable bonds is 2. The first-order chi connectivity index (χ1) is 11.1. The average molecular weight is 302 g/mol. The standard InChI is InChI=1S/C23H26/c1-16-12-14-18(15-13-16)22-20-11-7-10-19(20)21(23(22,2)3)17-8-5-4-6-9-17/h4-6,8-9,12-15,19-20H,7,10-11H2,1-3H3. The fraction of sp³-hybridized carbons (Fsp3) is 0.391. The van der Waals surface area contributed by atoms with Crippen molar-refractivity contribution >= 4 is 0 Å². The summed E-state index contributed by atoms with van der Waals surface area (Å²) in [6.07, 6.45) is 4.08. The first-order valence-electron chi connectivity index (χ1n) is 8.96. The molecule has 0 N–H and O–H groups in total. The Bertz CT molecular complexity index is 665. The van der Waals surface area contributed by atoms with E-state index in [2.05, 4.69) is 75.4 Å². The lowest BCUT2D eigenvalue weighted by Crippen LogP contribution is -2.26. The first-order valence-corrected chi connectivity index (χ1v) is 8.96. The molecule has 0 bridgehead atoms. The predicted molar refractivity (Wildman–Crippen MR) is 96.9 cm³/mol. The van der Waals surface area contributed by atoms with E-state index in [1.165, 1.54) is 36.0 Å². The fourth-order valence-electron chi connectivity index (χ4n) is 5.22. The van der Waals surface area contributed by atoms with Crippen LogP contribution < -0.4 is 0 Å². The molecule has 118 valence electrons. The van der Waals surface area contributed by atoms with Crippen LogP contribution in [-0.4, -0.2) is 0 Å². The molecule has 4 rings (SSSR count). The van der Waals surface area contributed by atoms with Crippen molar-refractivity contribution in [2.75, 3.05) is 0 Å². The van der Waals surface area contributed by atoms with E-state index in [9.17, 15) is 0 Å². The van der Waals surface area contributed by atoms with Crippen molar-refractivity contribution in [3.05, 3.63) is 83.1 Å². The summed E-state index contributed by atoms with van der Waals surface area (Å²) in [6.45, 7) is 7.07. The molecule has 2 atom stereocenters. The highest BCUT2D eigenvalue weighted by Crippen LogP contribution is 2.65. The Morgan fingerprint density at radius 1 is 0.739 bits per heavy atom. The minimum absolute atomic E-state index is 0.159. The second-order valence-corrected chi connectivity index (χ2v) is 7.83. The summed E-state index contributed by atoms with van der Waals surface area (Å²) < 4.78 is 0. The van der Waals surface area contributed by atoms with Gasteiger partial charge in [-0.05, 0) is 48.1 Å². The largest absolute Gasteiger partial charge is 0.0622 e. The highest BCUT2D eigenvalue weighted by atomic mass is 14.6. The molecule has 2 radical (unpaired) electrons. The van der Waals surface area contributed by atoms with Gasteiger partial charge in [0.2, 0.25) is 0 Å². The fourth-order valence-corrected chi connectivity index (χ4v) is 5.22. The van der Waals surface area contributed by atoms with Gasteiger partial charge >= 0.3 is 0 Å². The molecule has 2 saturated carbocycles. The van der Waals surface area contributed by atoms with Gasteiger partial charge in [-0.3, -0.25) is 0 Å². The zero-order valence-corrected chi connectivity index (χ0v) is 14.5. The van der Waals surface area contributed by atoms with Crippen LogP contribution in [0.1, 0.15) is 49.8 Å². The van der Waals surface area contributed by atoms with Crippen LogP contribution >= 0.6 is 0 Å². The van der Waals surface area contributed by atoms with Crippen LogP contribution in [-0.2, 0) is 0 Å². The SMILES string of the molecule is Cc1ccc([C]2C3CCCC3[C](c3ccccc3)C2(C)C)cc1. The highest BCUT2D eigenvalue weighted by Gasteiger charge is 2.57. The Morgan fingerprint density at radius 2 is 1.26 bits per heavy atom. The van der Waals surface area contributed by atoms with Crippen molar-refractivity contribution in [2.45, 2.75) is 40.0 Å². The summed E-state index contributed by atoms with van der Waals surface area (Å²) in [5, 5.41) is 0. The van der Waals surface area contributed by atoms with E-state index < -0.39 is 0 Å². The Labute approximate surface area is 140 Å². The van der Waals surface area contributed by atoms with Gasteiger partial charge in [-0.25, -0.2) is 0 Å². The van der Waals surface area contributed by atoms with E-state index in [0.29, 0.717) is 0 Å². The average Bonchev–Trinajstić information content (AvgIpc) is 3.06. The molecule has 0 aromatic heterocycles. The van der Waals surface area contributed by atoms with Crippen LogP contribution in [0.2, 0.25) is 0 Å². The maximum absolute atomic E-state index is 2.45. The Balaban J connectivity index is 1.79. The van der Waals surface area contributed by atoms with Crippen molar-refractivity contribution in [2.24, 2.45) is 17.3 Å². The van der Waals surface area contributed by atoms with E-state index in [-0.39, 0.29) is 5.41 Å². The molecule has 0 heteroatoms. The van der Waals surface area contributed by atoms with Gasteiger partial charge in [0.25, 0.3) is 0 Å². The van der Waals surface area contributed by atoms with E-state index >= 15 is 0 Å². The van der Waals surface area contributed by atoms with Gasteiger partial charge in [0.15, 0.2) is 0 Å². The van der Waals surface area contributed by atoms with E-state index in [1.54, 1.807) is 11.8 Å². The van der Waals surface area contributed by atoms with Crippen molar-refractivity contribution in [3.63, 3.8) is 0 Å². The number of hydrogen-bond donors (Lipinski definition) is 0. The minimum atomic E-state index is 0.159. The van der Waals surface area contributed by atoms with Crippen LogP contribution in [0.5, 0.6) is 0 Å². The van der Waals surface area contributed by atoms with Crippen molar-refractivity contribution in [1.29, 1.82) is 0 Å². The lowest BCUT2D eigenvalue weighted by molar-refractivity contribution is 0.436. The van der Waals surface area contributed by atoms with Gasteiger partial charge in [-0.2, -0.15) is 0 Å². The van der Waals surface area contributed by atoms with Gasteiger partial charge in [0.05, 0.1) is 0 Å².